The maximum Gasteiger partial charge on any atom is 0.257 e. The number of nitrogens with two attached hydrogens (primary N) is 1. The summed E-state index contributed by atoms with van der Waals surface area (Å²) in [6, 6.07) is 9.79. The van der Waals surface area contributed by atoms with Crippen molar-refractivity contribution < 1.29 is 18.3 Å². The lowest BCUT2D eigenvalue weighted by Crippen LogP contribution is -2.42. The van der Waals surface area contributed by atoms with Crippen molar-refractivity contribution in [3.05, 3.63) is 76.2 Å². The number of anilines is 2. The number of H-pyrrole nitrogens is 1. The minimum absolute atomic E-state index is 0.0804. The smallest absolute Gasteiger partial charge is 0.257 e. The van der Waals surface area contributed by atoms with E-state index >= 15 is 0 Å². The second-order valence-electron chi connectivity index (χ2n) is 6.75. The predicted molar refractivity (Wildman–Crippen MR) is 110 cm³/mol. The molecule has 1 aliphatic rings. The number of nitrogens with zero attached hydrogens (tertiary/aromatic N) is 1. The highest BCUT2D eigenvalue weighted by atomic mass is 19.1. The molecule has 0 bridgehead atoms. The first kappa shape index (κ1) is 19.6. The molecule has 154 valence electrons. The molecular weight excluding hydrogens is 394 g/mol. The average molecular weight is 412 g/mol. The molecule has 2 heterocycles. The molecule has 2 aromatic carbocycles. The first-order chi connectivity index (χ1) is 14.4. The second-order valence-corrected chi connectivity index (χ2v) is 6.75. The van der Waals surface area contributed by atoms with E-state index < -0.39 is 17.2 Å². The third-order valence-corrected chi connectivity index (χ3v) is 4.74. The van der Waals surface area contributed by atoms with Gasteiger partial charge in [0.2, 0.25) is 0 Å². The Morgan fingerprint density at radius 2 is 2.00 bits per heavy atom. The molecule has 7 nitrogen and oxygen atoms in total. The SMILES string of the molecule is N/C(=C\Nc1ccc(N2CCOCC2=O)c(F)c1)c1cc2cc(F)ccc2[nH]c1=O. The fraction of sp³-hybridized carbons (Fsp3) is 0.143. The minimum atomic E-state index is -0.582. The number of aromatic amines is 1. The number of amides is 1. The van der Waals surface area contributed by atoms with Crippen molar-refractivity contribution in [1.29, 1.82) is 0 Å². The van der Waals surface area contributed by atoms with Crippen molar-refractivity contribution in [2.45, 2.75) is 0 Å². The Kier molecular flexibility index (Phi) is 5.20. The predicted octanol–water partition coefficient (Wildman–Crippen LogP) is 2.54. The summed E-state index contributed by atoms with van der Waals surface area (Å²) in [4.78, 5) is 28.1. The zero-order valence-corrected chi connectivity index (χ0v) is 15.7. The zero-order valence-electron chi connectivity index (χ0n) is 15.7. The Labute approximate surface area is 169 Å². The number of nitrogens with one attached hydrogen (secondary N) is 2. The third kappa shape index (κ3) is 3.87. The van der Waals surface area contributed by atoms with Gasteiger partial charge in [-0.2, -0.15) is 0 Å². The minimum Gasteiger partial charge on any atom is -0.397 e. The summed E-state index contributed by atoms with van der Waals surface area (Å²) in [5, 5.41) is 3.32. The highest BCUT2D eigenvalue weighted by molar-refractivity contribution is 5.95. The second kappa shape index (κ2) is 7.96. The summed E-state index contributed by atoms with van der Waals surface area (Å²) in [5.41, 5.74) is 6.84. The van der Waals surface area contributed by atoms with Crippen LogP contribution in [-0.4, -0.2) is 30.6 Å². The first-order valence-electron chi connectivity index (χ1n) is 9.15. The van der Waals surface area contributed by atoms with Crippen molar-refractivity contribution in [2.24, 2.45) is 5.73 Å². The van der Waals surface area contributed by atoms with Crippen molar-refractivity contribution in [1.82, 2.24) is 4.98 Å². The van der Waals surface area contributed by atoms with Gasteiger partial charge in [-0.3, -0.25) is 9.59 Å². The number of benzene rings is 2. The van der Waals surface area contributed by atoms with Crippen LogP contribution in [0.25, 0.3) is 16.6 Å². The molecule has 0 aliphatic carbocycles. The Bertz CT molecular complexity index is 1220. The van der Waals surface area contributed by atoms with E-state index in [4.69, 9.17) is 10.5 Å². The van der Waals surface area contributed by atoms with Gasteiger partial charge in [-0.25, -0.2) is 8.78 Å². The standard InChI is InChI=1S/C21H18F2N4O3/c22-13-1-3-18-12(7-13)8-15(21(29)26-18)17(24)10-25-14-2-4-19(16(23)9-14)27-5-6-30-11-20(27)28/h1-4,7-10,25H,5-6,11,24H2,(H,26,29)/b17-10-. The van der Waals surface area contributed by atoms with Crippen LogP contribution in [0.5, 0.6) is 0 Å². The Hall–Kier alpha value is -3.72. The van der Waals surface area contributed by atoms with Crippen molar-refractivity contribution in [3.8, 4) is 0 Å². The lowest BCUT2D eigenvalue weighted by atomic mass is 10.1. The van der Waals surface area contributed by atoms with Crippen LogP contribution < -0.4 is 21.5 Å². The molecule has 4 rings (SSSR count). The molecule has 0 radical (unpaired) electrons. The molecule has 0 saturated carbocycles. The van der Waals surface area contributed by atoms with Gasteiger partial charge in [-0.1, -0.05) is 0 Å². The van der Waals surface area contributed by atoms with Crippen LogP contribution in [-0.2, 0) is 9.53 Å². The lowest BCUT2D eigenvalue weighted by Gasteiger charge is -2.27. The molecule has 1 amide bonds. The van der Waals surface area contributed by atoms with Gasteiger partial charge in [0.05, 0.1) is 23.6 Å². The van der Waals surface area contributed by atoms with Gasteiger partial charge < -0.3 is 25.7 Å². The van der Waals surface area contributed by atoms with E-state index in [1.165, 1.54) is 47.5 Å². The molecule has 3 aromatic rings. The molecule has 0 atom stereocenters. The molecule has 4 N–H and O–H groups in total. The van der Waals surface area contributed by atoms with Crippen molar-refractivity contribution in [3.63, 3.8) is 0 Å². The Morgan fingerprint density at radius 1 is 1.17 bits per heavy atom. The molecule has 1 aliphatic heterocycles. The Morgan fingerprint density at radius 3 is 2.77 bits per heavy atom. The number of halogens is 2. The Balaban J connectivity index is 1.57. The van der Waals surface area contributed by atoms with Gasteiger partial charge in [0.25, 0.3) is 11.5 Å². The topological polar surface area (TPSA) is 100 Å². The summed E-state index contributed by atoms with van der Waals surface area (Å²) in [6.45, 7) is 0.540. The number of pyridine rings is 1. The van der Waals surface area contributed by atoms with Crippen LogP contribution in [0.2, 0.25) is 0 Å². The molecule has 1 saturated heterocycles. The monoisotopic (exact) mass is 412 g/mol. The van der Waals surface area contributed by atoms with E-state index in [1.54, 1.807) is 6.07 Å². The van der Waals surface area contributed by atoms with E-state index in [9.17, 15) is 18.4 Å². The number of hydrogen-bond acceptors (Lipinski definition) is 5. The van der Waals surface area contributed by atoms with Crippen LogP contribution in [0.3, 0.4) is 0 Å². The van der Waals surface area contributed by atoms with E-state index in [0.717, 1.165) is 0 Å². The highest BCUT2D eigenvalue weighted by Gasteiger charge is 2.22. The number of fused-ring (bicyclic) bond motifs is 1. The number of rotatable bonds is 4. The highest BCUT2D eigenvalue weighted by Crippen LogP contribution is 2.24. The van der Waals surface area contributed by atoms with Gasteiger partial charge in [0, 0.05) is 29.3 Å². The number of morpholine rings is 1. The summed E-state index contributed by atoms with van der Waals surface area (Å²) in [5.74, 6) is -1.33. The summed E-state index contributed by atoms with van der Waals surface area (Å²) in [7, 11) is 0. The van der Waals surface area contributed by atoms with E-state index in [2.05, 4.69) is 10.3 Å². The number of carbonyl (C=O) groups excluding carboxylic acids is 1. The summed E-state index contributed by atoms with van der Waals surface area (Å²) < 4.78 is 33.0. The summed E-state index contributed by atoms with van der Waals surface area (Å²) in [6.07, 6.45) is 1.35. The van der Waals surface area contributed by atoms with Crippen molar-refractivity contribution in [2.75, 3.05) is 30.0 Å². The first-order valence-corrected chi connectivity index (χ1v) is 9.15. The van der Waals surface area contributed by atoms with Gasteiger partial charge in [0.1, 0.15) is 18.2 Å². The quantitative estimate of drug-likeness (QED) is 0.612. The number of hydrogen-bond donors (Lipinski definition) is 3. The maximum atomic E-state index is 14.5. The van der Waals surface area contributed by atoms with E-state index in [-0.39, 0.29) is 36.0 Å². The summed E-state index contributed by atoms with van der Waals surface area (Å²) >= 11 is 0. The van der Waals surface area contributed by atoms with Crippen LogP contribution in [0.1, 0.15) is 5.56 Å². The van der Waals surface area contributed by atoms with Crippen molar-refractivity contribution >= 4 is 33.9 Å². The lowest BCUT2D eigenvalue weighted by molar-refractivity contribution is -0.125. The number of carbonyl (C=O) groups is 1. The van der Waals surface area contributed by atoms with E-state index in [1.807, 2.05) is 0 Å². The van der Waals surface area contributed by atoms with E-state index in [0.29, 0.717) is 23.2 Å². The molecule has 1 fully saturated rings. The molecule has 0 spiro atoms. The van der Waals surface area contributed by atoms with Crippen LogP contribution >= 0.6 is 0 Å². The van der Waals surface area contributed by atoms with Crippen LogP contribution in [0.15, 0.2) is 53.5 Å². The molecular formula is C21H18F2N4O3. The van der Waals surface area contributed by atoms with Gasteiger partial charge in [-0.15, -0.1) is 0 Å². The normalized spacial score (nSPS) is 14.9. The third-order valence-electron chi connectivity index (χ3n) is 4.74. The van der Waals surface area contributed by atoms with Gasteiger partial charge in [-0.05, 0) is 42.5 Å². The maximum absolute atomic E-state index is 14.5. The molecule has 1 aromatic heterocycles. The van der Waals surface area contributed by atoms with Crippen LogP contribution in [0, 0.1) is 11.6 Å². The van der Waals surface area contributed by atoms with Crippen LogP contribution in [0.4, 0.5) is 20.2 Å². The molecule has 30 heavy (non-hydrogen) atoms. The molecule has 9 heteroatoms. The van der Waals surface area contributed by atoms with Gasteiger partial charge in [0.15, 0.2) is 0 Å². The fourth-order valence-corrected chi connectivity index (χ4v) is 3.22. The average Bonchev–Trinajstić information content (AvgIpc) is 2.72. The largest absolute Gasteiger partial charge is 0.397 e. The fourth-order valence-electron chi connectivity index (χ4n) is 3.22. The zero-order chi connectivity index (χ0) is 21.3. The number of ether oxygens (including phenoxy) is 1. The number of aromatic nitrogens is 1. The van der Waals surface area contributed by atoms with Gasteiger partial charge >= 0.3 is 0 Å². The molecule has 0 unspecified atom stereocenters.